The Morgan fingerprint density at radius 1 is 1.52 bits per heavy atom. The first-order chi connectivity index (χ1) is 10.9. The van der Waals surface area contributed by atoms with E-state index in [2.05, 4.69) is 0 Å². The molecule has 1 saturated heterocycles. The number of hydrogen-bond donors (Lipinski definition) is 1. The number of nitrogens with zero attached hydrogens (tertiary/aromatic N) is 1. The van der Waals surface area contributed by atoms with E-state index >= 15 is 0 Å². The molecule has 8 heteroatoms. The fourth-order valence-corrected chi connectivity index (χ4v) is 2.89. The van der Waals surface area contributed by atoms with Gasteiger partial charge in [-0.05, 0) is 12.1 Å². The molecule has 0 bridgehead atoms. The molecule has 0 aromatic heterocycles. The first-order valence-electron chi connectivity index (χ1n) is 7.03. The monoisotopic (exact) mass is 344 g/mol. The molecule has 1 aromatic rings. The Kier molecular flexibility index (Phi) is 5.56. The predicted octanol–water partition coefficient (Wildman–Crippen LogP) is 1.21. The molecule has 2 amide bonds. The molecule has 0 spiro atoms. The highest BCUT2D eigenvalue weighted by molar-refractivity contribution is 6.34. The molecular formula is C15H18ClFN2O4. The average Bonchev–Trinajstić information content (AvgIpc) is 2.49. The average molecular weight is 345 g/mol. The summed E-state index contributed by atoms with van der Waals surface area (Å²) in [6, 6.07) is 4.05. The number of carbonyl (C=O) groups is 2. The number of ether oxygens (including phenoxy) is 2. The molecule has 2 N–H and O–H groups in total. The molecule has 1 aliphatic rings. The maximum absolute atomic E-state index is 13.5. The molecule has 0 unspecified atom stereocenters. The van der Waals surface area contributed by atoms with Crippen LogP contribution in [0.4, 0.5) is 4.39 Å². The van der Waals surface area contributed by atoms with Crippen molar-refractivity contribution in [2.24, 2.45) is 5.73 Å². The van der Waals surface area contributed by atoms with Gasteiger partial charge in [-0.25, -0.2) is 4.39 Å². The van der Waals surface area contributed by atoms with Crippen LogP contribution in [0.2, 0.25) is 5.02 Å². The van der Waals surface area contributed by atoms with Crippen molar-refractivity contribution in [3.63, 3.8) is 0 Å². The van der Waals surface area contributed by atoms with Gasteiger partial charge in [0.1, 0.15) is 11.4 Å². The maximum atomic E-state index is 13.5. The topological polar surface area (TPSA) is 81.9 Å². The van der Waals surface area contributed by atoms with E-state index in [9.17, 15) is 14.0 Å². The highest BCUT2D eigenvalue weighted by Crippen LogP contribution is 2.26. The third-order valence-corrected chi connectivity index (χ3v) is 4.01. The smallest absolute Gasteiger partial charge is 0.255 e. The summed E-state index contributed by atoms with van der Waals surface area (Å²) >= 11 is 5.87. The molecule has 1 atom stereocenters. The number of carbonyl (C=O) groups excluding carboxylic acids is 2. The highest BCUT2D eigenvalue weighted by atomic mass is 35.5. The lowest BCUT2D eigenvalue weighted by Gasteiger charge is -2.41. The summed E-state index contributed by atoms with van der Waals surface area (Å²) < 4.78 is 24.3. The molecule has 126 valence electrons. The predicted molar refractivity (Wildman–Crippen MR) is 81.7 cm³/mol. The van der Waals surface area contributed by atoms with Crippen molar-refractivity contribution in [3.8, 4) is 0 Å². The van der Waals surface area contributed by atoms with Gasteiger partial charge in [0.25, 0.3) is 5.91 Å². The number of amides is 2. The molecule has 23 heavy (non-hydrogen) atoms. The highest BCUT2D eigenvalue weighted by Gasteiger charge is 2.40. The van der Waals surface area contributed by atoms with Crippen LogP contribution in [0.3, 0.4) is 0 Å². The van der Waals surface area contributed by atoms with Gasteiger partial charge in [-0.1, -0.05) is 17.7 Å². The maximum Gasteiger partial charge on any atom is 0.255 e. The quantitative estimate of drug-likeness (QED) is 0.870. The first-order valence-corrected chi connectivity index (χ1v) is 7.41. The molecule has 1 aromatic carbocycles. The fraction of sp³-hybridized carbons (Fsp3) is 0.467. The van der Waals surface area contributed by atoms with Crippen LogP contribution in [0.25, 0.3) is 0 Å². The molecule has 2 rings (SSSR count). The Labute approximate surface area is 138 Å². The number of benzene rings is 1. The van der Waals surface area contributed by atoms with Crippen LogP contribution in [0.1, 0.15) is 16.8 Å². The van der Waals surface area contributed by atoms with Gasteiger partial charge >= 0.3 is 0 Å². The van der Waals surface area contributed by atoms with Crippen molar-refractivity contribution in [1.82, 2.24) is 4.90 Å². The largest absolute Gasteiger partial charge is 0.382 e. The lowest BCUT2D eigenvalue weighted by atomic mass is 9.97. The number of hydrogen-bond acceptors (Lipinski definition) is 4. The summed E-state index contributed by atoms with van der Waals surface area (Å²) in [4.78, 5) is 25.4. The van der Waals surface area contributed by atoms with Gasteiger partial charge in [0.05, 0.1) is 36.8 Å². The van der Waals surface area contributed by atoms with Crippen LogP contribution in [-0.4, -0.2) is 55.7 Å². The van der Waals surface area contributed by atoms with Crippen molar-refractivity contribution < 1.29 is 23.5 Å². The van der Waals surface area contributed by atoms with Crippen molar-refractivity contribution in [2.45, 2.75) is 12.0 Å². The molecule has 0 aliphatic carbocycles. The van der Waals surface area contributed by atoms with Crippen LogP contribution in [0.5, 0.6) is 0 Å². The molecule has 6 nitrogen and oxygen atoms in total. The minimum atomic E-state index is -1.01. The summed E-state index contributed by atoms with van der Waals surface area (Å²) in [7, 11) is 1.47. The van der Waals surface area contributed by atoms with E-state index < -0.39 is 23.2 Å². The molecule has 0 saturated carbocycles. The molecule has 0 radical (unpaired) electrons. The van der Waals surface area contributed by atoms with Crippen LogP contribution in [-0.2, 0) is 14.3 Å². The summed E-state index contributed by atoms with van der Waals surface area (Å²) in [5.74, 6) is -1.64. The Morgan fingerprint density at radius 2 is 2.26 bits per heavy atom. The van der Waals surface area contributed by atoms with Crippen LogP contribution < -0.4 is 5.73 Å². The lowest BCUT2D eigenvalue weighted by Crippen LogP contribution is -2.57. The van der Waals surface area contributed by atoms with Gasteiger partial charge in [-0.2, -0.15) is 0 Å². The number of methoxy groups -OCH3 is 1. The fourth-order valence-electron chi connectivity index (χ4n) is 2.68. The van der Waals surface area contributed by atoms with Crippen LogP contribution in [0.15, 0.2) is 18.2 Å². The van der Waals surface area contributed by atoms with Gasteiger partial charge in [0.2, 0.25) is 5.91 Å². The molecule has 1 heterocycles. The van der Waals surface area contributed by atoms with E-state index in [1.807, 2.05) is 0 Å². The normalized spacial score (nSPS) is 21.3. The van der Waals surface area contributed by atoms with Gasteiger partial charge < -0.3 is 20.1 Å². The molecule has 1 aliphatic heterocycles. The van der Waals surface area contributed by atoms with Gasteiger partial charge in [-0.15, -0.1) is 0 Å². The van der Waals surface area contributed by atoms with E-state index in [-0.39, 0.29) is 36.8 Å². The zero-order valence-electron chi connectivity index (χ0n) is 12.7. The zero-order chi connectivity index (χ0) is 17.0. The third kappa shape index (κ3) is 3.99. The summed E-state index contributed by atoms with van der Waals surface area (Å²) in [6.07, 6.45) is -0.0818. The van der Waals surface area contributed by atoms with Crippen molar-refractivity contribution in [3.05, 3.63) is 34.6 Å². The van der Waals surface area contributed by atoms with Crippen LogP contribution in [0, 0.1) is 5.82 Å². The van der Waals surface area contributed by atoms with E-state index in [0.717, 1.165) is 0 Å². The number of nitrogens with two attached hydrogens (primary N) is 1. The lowest BCUT2D eigenvalue weighted by molar-refractivity contribution is -0.148. The summed E-state index contributed by atoms with van der Waals surface area (Å²) in [5, 5.41) is -0.226. The summed E-state index contributed by atoms with van der Waals surface area (Å²) in [5.41, 5.74) is 4.33. The van der Waals surface area contributed by atoms with E-state index in [0.29, 0.717) is 6.54 Å². The number of rotatable bonds is 5. The zero-order valence-corrected chi connectivity index (χ0v) is 13.4. The van der Waals surface area contributed by atoms with E-state index in [4.69, 9.17) is 26.8 Å². The van der Waals surface area contributed by atoms with E-state index in [1.165, 1.54) is 30.2 Å². The number of morpholine rings is 1. The van der Waals surface area contributed by atoms with Gasteiger partial charge in [0, 0.05) is 13.7 Å². The SMILES string of the molecule is COC[C@]1(CC(N)=O)CN(C(=O)c2cccc(F)c2Cl)CCO1. The molecule has 1 fully saturated rings. The second-order valence-electron chi connectivity index (χ2n) is 5.44. The van der Waals surface area contributed by atoms with Crippen molar-refractivity contribution in [1.29, 1.82) is 0 Å². The number of primary amides is 1. The van der Waals surface area contributed by atoms with Gasteiger partial charge in [0.15, 0.2) is 0 Å². The minimum absolute atomic E-state index is 0.0685. The minimum Gasteiger partial charge on any atom is -0.382 e. The molecular weight excluding hydrogens is 327 g/mol. The Bertz CT molecular complexity index is 609. The Morgan fingerprint density at radius 3 is 2.91 bits per heavy atom. The van der Waals surface area contributed by atoms with Gasteiger partial charge in [-0.3, -0.25) is 9.59 Å². The number of halogens is 2. The second-order valence-corrected chi connectivity index (χ2v) is 5.81. The first kappa shape index (κ1) is 17.7. The Hall–Kier alpha value is -1.70. The third-order valence-electron chi connectivity index (χ3n) is 3.62. The second kappa shape index (κ2) is 7.25. The summed E-state index contributed by atoms with van der Waals surface area (Å²) in [6.45, 7) is 0.733. The van der Waals surface area contributed by atoms with E-state index in [1.54, 1.807) is 0 Å². The van der Waals surface area contributed by atoms with Crippen molar-refractivity contribution >= 4 is 23.4 Å². The standard InChI is InChI=1S/C15H18ClFN2O4/c1-22-9-15(7-12(18)20)8-19(5-6-23-15)14(21)10-3-2-4-11(17)13(10)16/h2-4H,5-9H2,1H3,(H2,18,20)/t15-/m0/s1. The van der Waals surface area contributed by atoms with Crippen LogP contribution >= 0.6 is 11.6 Å². The Balaban J connectivity index is 2.23. The van der Waals surface area contributed by atoms with Crippen molar-refractivity contribution in [2.75, 3.05) is 33.4 Å².